The maximum absolute atomic E-state index is 13.8. The van der Waals surface area contributed by atoms with Gasteiger partial charge in [-0.15, -0.1) is 11.3 Å². The molecule has 3 aromatic rings. The van der Waals surface area contributed by atoms with Gasteiger partial charge in [0.2, 0.25) is 0 Å². The first-order chi connectivity index (χ1) is 11.9. The van der Waals surface area contributed by atoms with Crippen LogP contribution >= 0.6 is 34.3 Å². The van der Waals surface area contributed by atoms with Gasteiger partial charge in [-0.1, -0.05) is 29.0 Å². The molecule has 2 aromatic heterocycles. The molecule has 25 heavy (non-hydrogen) atoms. The van der Waals surface area contributed by atoms with Crippen molar-refractivity contribution in [2.45, 2.75) is 4.21 Å². The molecule has 5 nitrogen and oxygen atoms in total. The van der Waals surface area contributed by atoms with E-state index in [1.807, 2.05) is 11.0 Å². The van der Waals surface area contributed by atoms with Crippen molar-refractivity contribution >= 4 is 59.6 Å². The van der Waals surface area contributed by atoms with E-state index in [-0.39, 0.29) is 10.0 Å². The van der Waals surface area contributed by atoms with E-state index in [0.717, 1.165) is 21.2 Å². The molecule has 0 saturated carbocycles. The Labute approximate surface area is 157 Å². The summed E-state index contributed by atoms with van der Waals surface area (Å²) in [4.78, 5) is 6.37. The summed E-state index contributed by atoms with van der Waals surface area (Å²) in [5.74, 6) is -0.337. The minimum atomic E-state index is -3.51. The molecule has 10 heteroatoms. The van der Waals surface area contributed by atoms with E-state index in [1.165, 1.54) is 27.8 Å². The molecule has 0 aliphatic carbocycles. The van der Waals surface area contributed by atoms with E-state index in [9.17, 15) is 12.8 Å². The van der Waals surface area contributed by atoms with E-state index in [1.54, 1.807) is 12.1 Å². The summed E-state index contributed by atoms with van der Waals surface area (Å²) >= 11 is 8.33. The van der Waals surface area contributed by atoms with Gasteiger partial charge in [-0.2, -0.15) is 4.31 Å². The highest BCUT2D eigenvalue weighted by molar-refractivity contribution is 7.91. The number of sulfonamides is 1. The SMILES string of the molecule is O=S(=O)(c1ccc(Cl)s1)N1CCN(c2nc3c(F)cccc3s2)CC1. The highest BCUT2D eigenvalue weighted by Gasteiger charge is 2.30. The Morgan fingerprint density at radius 3 is 2.48 bits per heavy atom. The number of hydrogen-bond donors (Lipinski definition) is 0. The molecule has 1 fully saturated rings. The Bertz CT molecular complexity index is 1030. The number of para-hydroxylation sites is 1. The van der Waals surface area contributed by atoms with Crippen LogP contribution in [0.4, 0.5) is 9.52 Å². The van der Waals surface area contributed by atoms with Crippen molar-refractivity contribution in [3.63, 3.8) is 0 Å². The van der Waals surface area contributed by atoms with Gasteiger partial charge in [0.15, 0.2) is 5.13 Å². The molecule has 1 aliphatic heterocycles. The smallest absolute Gasteiger partial charge is 0.252 e. The highest BCUT2D eigenvalue weighted by Crippen LogP contribution is 2.32. The third-order valence-electron chi connectivity index (χ3n) is 4.01. The average Bonchev–Trinajstić information content (AvgIpc) is 3.22. The number of nitrogens with zero attached hydrogens (tertiary/aromatic N) is 3. The van der Waals surface area contributed by atoms with Gasteiger partial charge in [-0.05, 0) is 24.3 Å². The Morgan fingerprint density at radius 1 is 1.08 bits per heavy atom. The predicted molar refractivity (Wildman–Crippen MR) is 99.9 cm³/mol. The van der Waals surface area contributed by atoms with Gasteiger partial charge in [-0.3, -0.25) is 0 Å². The molecule has 0 radical (unpaired) electrons. The zero-order chi connectivity index (χ0) is 17.6. The van der Waals surface area contributed by atoms with Crippen LogP contribution in [-0.2, 0) is 10.0 Å². The van der Waals surface area contributed by atoms with Crippen molar-refractivity contribution in [1.82, 2.24) is 9.29 Å². The van der Waals surface area contributed by atoms with Crippen molar-refractivity contribution < 1.29 is 12.8 Å². The van der Waals surface area contributed by atoms with Crippen molar-refractivity contribution in [3.05, 3.63) is 40.5 Å². The molecule has 0 N–H and O–H groups in total. The number of rotatable bonds is 3. The first-order valence-corrected chi connectivity index (χ1v) is 11.0. The average molecular weight is 418 g/mol. The largest absolute Gasteiger partial charge is 0.345 e. The minimum Gasteiger partial charge on any atom is -0.345 e. The third kappa shape index (κ3) is 3.15. The fourth-order valence-electron chi connectivity index (χ4n) is 2.72. The van der Waals surface area contributed by atoms with Gasteiger partial charge in [-0.25, -0.2) is 17.8 Å². The fourth-order valence-corrected chi connectivity index (χ4v) is 6.81. The fraction of sp³-hybridized carbons (Fsp3) is 0.267. The van der Waals surface area contributed by atoms with E-state index >= 15 is 0 Å². The number of aromatic nitrogens is 1. The zero-order valence-electron chi connectivity index (χ0n) is 12.9. The van der Waals surface area contributed by atoms with Crippen LogP contribution in [0.15, 0.2) is 34.5 Å². The molecule has 0 amide bonds. The monoisotopic (exact) mass is 417 g/mol. The minimum absolute atomic E-state index is 0.257. The Balaban J connectivity index is 1.52. The highest BCUT2D eigenvalue weighted by atomic mass is 35.5. The van der Waals surface area contributed by atoms with Crippen molar-refractivity contribution in [3.8, 4) is 0 Å². The van der Waals surface area contributed by atoms with Crippen molar-refractivity contribution in [2.75, 3.05) is 31.1 Å². The number of fused-ring (bicyclic) bond motifs is 1. The summed E-state index contributed by atoms with van der Waals surface area (Å²) in [5.41, 5.74) is 0.366. The van der Waals surface area contributed by atoms with Gasteiger partial charge in [0.25, 0.3) is 10.0 Å². The summed E-state index contributed by atoms with van der Waals surface area (Å²) < 4.78 is 42.0. The molecule has 1 aromatic carbocycles. The first kappa shape index (κ1) is 17.2. The van der Waals surface area contributed by atoms with Crippen molar-refractivity contribution in [1.29, 1.82) is 0 Å². The van der Waals surface area contributed by atoms with Gasteiger partial charge in [0.1, 0.15) is 15.5 Å². The second-order valence-corrected chi connectivity index (χ2v) is 10.4. The maximum atomic E-state index is 13.8. The molecule has 0 spiro atoms. The molecule has 3 heterocycles. The van der Waals surface area contributed by atoms with Crippen LogP contribution in [0, 0.1) is 5.82 Å². The molecule has 0 bridgehead atoms. The summed E-state index contributed by atoms with van der Waals surface area (Å²) in [6.45, 7) is 1.74. The molecule has 4 rings (SSSR count). The number of piperazine rings is 1. The van der Waals surface area contributed by atoms with E-state index in [4.69, 9.17) is 11.6 Å². The summed E-state index contributed by atoms with van der Waals surface area (Å²) in [6.07, 6.45) is 0. The third-order valence-corrected chi connectivity index (χ3v) is 8.69. The molecule has 132 valence electrons. The van der Waals surface area contributed by atoms with Crippen LogP contribution in [0.1, 0.15) is 0 Å². The molecule has 1 saturated heterocycles. The quantitative estimate of drug-likeness (QED) is 0.652. The van der Waals surface area contributed by atoms with E-state index < -0.39 is 10.0 Å². The number of halogens is 2. The van der Waals surface area contributed by atoms with Crippen LogP contribution in [0.25, 0.3) is 10.2 Å². The molecular weight excluding hydrogens is 405 g/mol. The molecule has 0 atom stereocenters. The van der Waals surface area contributed by atoms with Gasteiger partial charge in [0.05, 0.1) is 9.04 Å². The summed E-state index contributed by atoms with van der Waals surface area (Å²) in [6, 6.07) is 8.01. The number of anilines is 1. The number of thiophene rings is 1. The Morgan fingerprint density at radius 2 is 1.84 bits per heavy atom. The summed E-state index contributed by atoms with van der Waals surface area (Å²) in [5, 5.41) is 0.719. The Kier molecular flexibility index (Phi) is 4.45. The maximum Gasteiger partial charge on any atom is 0.252 e. The normalized spacial score (nSPS) is 16.6. The Hall–Kier alpha value is -1.26. The number of benzene rings is 1. The molecular formula is C15H13ClFN3O2S3. The van der Waals surface area contributed by atoms with Gasteiger partial charge >= 0.3 is 0 Å². The van der Waals surface area contributed by atoms with E-state index in [0.29, 0.717) is 36.0 Å². The van der Waals surface area contributed by atoms with Crippen LogP contribution in [0.5, 0.6) is 0 Å². The first-order valence-electron chi connectivity index (χ1n) is 7.50. The van der Waals surface area contributed by atoms with Crippen molar-refractivity contribution in [2.24, 2.45) is 0 Å². The number of hydrogen-bond acceptors (Lipinski definition) is 6. The predicted octanol–water partition coefficient (Wildman–Crippen LogP) is 3.66. The van der Waals surface area contributed by atoms with Crippen LogP contribution < -0.4 is 4.90 Å². The lowest BCUT2D eigenvalue weighted by molar-refractivity contribution is 0.386. The molecule has 0 unspecified atom stereocenters. The second-order valence-electron chi connectivity index (χ2n) is 5.53. The lowest BCUT2D eigenvalue weighted by Gasteiger charge is -2.33. The van der Waals surface area contributed by atoms with E-state index in [2.05, 4.69) is 4.98 Å². The van der Waals surface area contributed by atoms with Crippen LogP contribution in [-0.4, -0.2) is 43.9 Å². The van der Waals surface area contributed by atoms with Crippen LogP contribution in [0.2, 0.25) is 4.34 Å². The van der Waals surface area contributed by atoms with Gasteiger partial charge < -0.3 is 4.90 Å². The number of thiazole rings is 1. The lowest BCUT2D eigenvalue weighted by Crippen LogP contribution is -2.48. The summed E-state index contributed by atoms with van der Waals surface area (Å²) in [7, 11) is -3.51. The standard InChI is InChI=1S/C15H13ClFN3O2S3/c16-12-4-5-13(24-12)25(21,22)20-8-6-19(7-9-20)15-18-14-10(17)2-1-3-11(14)23-15/h1-5H,6-9H2. The lowest BCUT2D eigenvalue weighted by atomic mass is 10.3. The zero-order valence-corrected chi connectivity index (χ0v) is 16.1. The molecule has 1 aliphatic rings. The topological polar surface area (TPSA) is 53.5 Å². The van der Waals surface area contributed by atoms with Crippen LogP contribution in [0.3, 0.4) is 0 Å². The van der Waals surface area contributed by atoms with Gasteiger partial charge in [0, 0.05) is 26.2 Å². The second kappa shape index (κ2) is 6.48.